The molecular formula is C28H26FN3O. The van der Waals surface area contributed by atoms with E-state index in [0.29, 0.717) is 5.69 Å². The first-order chi connectivity index (χ1) is 15.8. The van der Waals surface area contributed by atoms with Crippen LogP contribution in [-0.4, -0.2) is 15.7 Å². The number of halogens is 1. The Morgan fingerprint density at radius 2 is 1.61 bits per heavy atom. The normalized spacial score (nSPS) is 11.6. The van der Waals surface area contributed by atoms with Crippen LogP contribution in [0.1, 0.15) is 31.9 Å². The number of carbonyl (C=O) groups excluding carboxylic acids is 1. The molecule has 0 aliphatic heterocycles. The topological polar surface area (TPSA) is 46.9 Å². The van der Waals surface area contributed by atoms with Gasteiger partial charge in [-0.1, -0.05) is 51.1 Å². The van der Waals surface area contributed by atoms with Crippen LogP contribution in [0.25, 0.3) is 23.0 Å². The number of benzene rings is 3. The van der Waals surface area contributed by atoms with Crippen molar-refractivity contribution in [3.8, 4) is 16.9 Å². The summed E-state index contributed by atoms with van der Waals surface area (Å²) in [5, 5.41) is 7.58. The number of amides is 1. The van der Waals surface area contributed by atoms with E-state index in [9.17, 15) is 9.18 Å². The van der Waals surface area contributed by atoms with Crippen molar-refractivity contribution in [3.05, 3.63) is 108 Å². The van der Waals surface area contributed by atoms with Crippen LogP contribution in [0.5, 0.6) is 0 Å². The number of para-hydroxylation sites is 1. The third-order valence-electron chi connectivity index (χ3n) is 5.31. The minimum Gasteiger partial charge on any atom is -0.323 e. The molecule has 0 bridgehead atoms. The van der Waals surface area contributed by atoms with E-state index < -0.39 is 0 Å². The van der Waals surface area contributed by atoms with Crippen LogP contribution in [0.2, 0.25) is 0 Å². The molecule has 33 heavy (non-hydrogen) atoms. The maximum atomic E-state index is 13.4. The van der Waals surface area contributed by atoms with Crippen molar-refractivity contribution in [1.82, 2.24) is 9.78 Å². The quantitative estimate of drug-likeness (QED) is 0.355. The predicted molar refractivity (Wildman–Crippen MR) is 132 cm³/mol. The van der Waals surface area contributed by atoms with Gasteiger partial charge in [0.05, 0.1) is 11.4 Å². The number of aromatic nitrogens is 2. The molecule has 0 aliphatic rings. The molecule has 0 fully saturated rings. The van der Waals surface area contributed by atoms with Gasteiger partial charge in [-0.3, -0.25) is 4.79 Å². The first-order valence-corrected chi connectivity index (χ1v) is 10.8. The van der Waals surface area contributed by atoms with Crippen molar-refractivity contribution in [2.45, 2.75) is 26.2 Å². The zero-order chi connectivity index (χ0) is 23.4. The van der Waals surface area contributed by atoms with E-state index >= 15 is 0 Å². The zero-order valence-electron chi connectivity index (χ0n) is 18.9. The lowest BCUT2D eigenvalue weighted by atomic mass is 9.87. The van der Waals surface area contributed by atoms with Crippen LogP contribution in [-0.2, 0) is 10.2 Å². The van der Waals surface area contributed by atoms with E-state index in [-0.39, 0.29) is 17.1 Å². The van der Waals surface area contributed by atoms with E-state index in [4.69, 9.17) is 0 Å². The Bertz CT molecular complexity index is 1270. The van der Waals surface area contributed by atoms with Gasteiger partial charge in [-0.25, -0.2) is 9.07 Å². The molecule has 4 aromatic rings. The van der Waals surface area contributed by atoms with Crippen LogP contribution in [0.3, 0.4) is 0 Å². The average Bonchev–Trinajstić information content (AvgIpc) is 3.23. The second-order valence-electron chi connectivity index (χ2n) is 8.87. The number of nitrogens with one attached hydrogen (secondary N) is 1. The van der Waals surface area contributed by atoms with Crippen LogP contribution in [0.4, 0.5) is 10.1 Å². The fourth-order valence-electron chi connectivity index (χ4n) is 3.46. The van der Waals surface area contributed by atoms with Crippen LogP contribution < -0.4 is 5.32 Å². The number of rotatable bonds is 5. The number of hydrogen-bond acceptors (Lipinski definition) is 2. The summed E-state index contributed by atoms with van der Waals surface area (Å²) in [4.78, 5) is 12.6. The Morgan fingerprint density at radius 3 is 2.24 bits per heavy atom. The molecule has 4 nitrogen and oxygen atoms in total. The average molecular weight is 440 g/mol. The highest BCUT2D eigenvalue weighted by Crippen LogP contribution is 2.26. The third-order valence-corrected chi connectivity index (χ3v) is 5.31. The summed E-state index contributed by atoms with van der Waals surface area (Å²) >= 11 is 0. The van der Waals surface area contributed by atoms with Gasteiger partial charge < -0.3 is 5.32 Å². The van der Waals surface area contributed by atoms with Crippen molar-refractivity contribution in [1.29, 1.82) is 0 Å². The Hall–Kier alpha value is -3.99. The SMILES string of the molecule is CC(C)(C)c1ccc(NC(=O)C=Cc2cn(-c3ccccc3)nc2-c2ccc(F)cc2)cc1. The molecule has 0 saturated carbocycles. The Kier molecular flexibility index (Phi) is 6.22. The lowest BCUT2D eigenvalue weighted by Gasteiger charge is -2.19. The lowest BCUT2D eigenvalue weighted by Crippen LogP contribution is -2.12. The first kappa shape index (κ1) is 22.2. The van der Waals surface area contributed by atoms with Crippen molar-refractivity contribution in [3.63, 3.8) is 0 Å². The van der Waals surface area contributed by atoms with Gasteiger partial charge >= 0.3 is 0 Å². The summed E-state index contributed by atoms with van der Waals surface area (Å²) in [6, 6.07) is 23.7. The molecule has 4 rings (SSSR count). The molecule has 0 spiro atoms. The molecule has 0 saturated heterocycles. The summed E-state index contributed by atoms with van der Waals surface area (Å²) in [5.41, 5.74) is 5.07. The second kappa shape index (κ2) is 9.25. The van der Waals surface area contributed by atoms with E-state index in [1.165, 1.54) is 23.8 Å². The van der Waals surface area contributed by atoms with Gasteiger partial charge in [0.1, 0.15) is 5.82 Å². The highest BCUT2D eigenvalue weighted by molar-refractivity contribution is 6.02. The van der Waals surface area contributed by atoms with Gasteiger partial charge in [-0.15, -0.1) is 0 Å². The second-order valence-corrected chi connectivity index (χ2v) is 8.87. The van der Waals surface area contributed by atoms with E-state index in [1.807, 2.05) is 60.8 Å². The standard InChI is InChI=1S/C28H26FN3O/c1-28(2,3)22-12-16-24(17-13-22)30-26(33)18-11-21-19-32(25-7-5-4-6-8-25)31-27(21)20-9-14-23(29)15-10-20/h4-19H,1-3H3,(H,30,33). The summed E-state index contributed by atoms with van der Waals surface area (Å²) in [6.07, 6.45) is 5.07. The van der Waals surface area contributed by atoms with Gasteiger partial charge in [0, 0.05) is 29.1 Å². The van der Waals surface area contributed by atoms with Crippen LogP contribution >= 0.6 is 0 Å². The Labute approximate surface area is 193 Å². The molecule has 3 aromatic carbocycles. The highest BCUT2D eigenvalue weighted by Gasteiger charge is 2.14. The minimum atomic E-state index is -0.310. The number of hydrogen-bond donors (Lipinski definition) is 1. The summed E-state index contributed by atoms with van der Waals surface area (Å²) in [6.45, 7) is 6.45. The van der Waals surface area contributed by atoms with E-state index in [2.05, 4.69) is 31.2 Å². The monoisotopic (exact) mass is 439 g/mol. The van der Waals surface area contributed by atoms with Gasteiger partial charge in [-0.2, -0.15) is 5.10 Å². The summed E-state index contributed by atoms with van der Waals surface area (Å²) in [7, 11) is 0. The number of anilines is 1. The van der Waals surface area contributed by atoms with Gasteiger partial charge in [0.15, 0.2) is 0 Å². The van der Waals surface area contributed by atoms with Gasteiger partial charge in [-0.05, 0) is 65.6 Å². The molecule has 5 heteroatoms. The maximum Gasteiger partial charge on any atom is 0.248 e. The first-order valence-electron chi connectivity index (χ1n) is 10.8. The van der Waals surface area contributed by atoms with Crippen molar-refractivity contribution in [2.24, 2.45) is 0 Å². The third kappa shape index (κ3) is 5.44. The molecule has 1 heterocycles. The van der Waals surface area contributed by atoms with Crippen LogP contribution in [0.15, 0.2) is 91.1 Å². The molecule has 1 aromatic heterocycles. The van der Waals surface area contributed by atoms with Gasteiger partial charge in [0.25, 0.3) is 0 Å². The fraction of sp³-hybridized carbons (Fsp3) is 0.143. The molecule has 1 amide bonds. The smallest absolute Gasteiger partial charge is 0.248 e. The molecule has 166 valence electrons. The van der Waals surface area contributed by atoms with Gasteiger partial charge in [0.2, 0.25) is 5.91 Å². The molecule has 0 atom stereocenters. The fourth-order valence-corrected chi connectivity index (χ4v) is 3.46. The van der Waals surface area contributed by atoms with E-state index in [0.717, 1.165) is 22.5 Å². The molecule has 0 radical (unpaired) electrons. The lowest BCUT2D eigenvalue weighted by molar-refractivity contribution is -0.111. The largest absolute Gasteiger partial charge is 0.323 e. The van der Waals surface area contributed by atoms with Crippen molar-refractivity contribution in [2.75, 3.05) is 5.32 Å². The van der Waals surface area contributed by atoms with Crippen molar-refractivity contribution >= 4 is 17.7 Å². The van der Waals surface area contributed by atoms with Crippen molar-refractivity contribution < 1.29 is 9.18 Å². The molecule has 0 aliphatic carbocycles. The highest BCUT2D eigenvalue weighted by atomic mass is 19.1. The zero-order valence-corrected chi connectivity index (χ0v) is 18.9. The Balaban J connectivity index is 1.58. The molecular weight excluding hydrogens is 413 g/mol. The maximum absolute atomic E-state index is 13.4. The molecule has 0 unspecified atom stereocenters. The molecule has 1 N–H and O–H groups in total. The summed E-state index contributed by atoms with van der Waals surface area (Å²) in [5.74, 6) is -0.550. The minimum absolute atomic E-state index is 0.0537. The Morgan fingerprint density at radius 1 is 0.939 bits per heavy atom. The van der Waals surface area contributed by atoms with Crippen LogP contribution in [0, 0.1) is 5.82 Å². The number of carbonyl (C=O) groups is 1. The predicted octanol–water partition coefficient (Wildman–Crippen LogP) is 6.63. The number of nitrogens with zero attached hydrogens (tertiary/aromatic N) is 2. The summed E-state index contributed by atoms with van der Waals surface area (Å²) < 4.78 is 15.2. The van der Waals surface area contributed by atoms with E-state index in [1.54, 1.807) is 22.9 Å².